The molecular formula is C22H22O6. The Morgan fingerprint density at radius 3 is 1.86 bits per heavy atom. The second-order valence-corrected chi connectivity index (χ2v) is 7.16. The van der Waals surface area contributed by atoms with Crippen LogP contribution in [0.25, 0.3) is 11.1 Å². The maximum Gasteiger partial charge on any atom is 0.338 e. The molecule has 2 fully saturated rings. The van der Waals surface area contributed by atoms with Gasteiger partial charge in [-0.2, -0.15) is 0 Å². The van der Waals surface area contributed by atoms with E-state index in [1.807, 2.05) is 24.3 Å². The lowest BCUT2D eigenvalue weighted by molar-refractivity contribution is -0.0616. The van der Waals surface area contributed by atoms with Crippen LogP contribution in [-0.4, -0.2) is 51.6 Å². The molecule has 6 nitrogen and oxygen atoms in total. The summed E-state index contributed by atoms with van der Waals surface area (Å²) in [6.07, 6.45) is 0. The fourth-order valence-electron chi connectivity index (χ4n) is 2.94. The molecular weight excluding hydrogens is 360 g/mol. The average Bonchev–Trinajstić information content (AvgIpc) is 2.65. The van der Waals surface area contributed by atoms with Crippen molar-refractivity contribution in [3.8, 4) is 11.1 Å². The van der Waals surface area contributed by atoms with Crippen LogP contribution in [0.3, 0.4) is 0 Å². The summed E-state index contributed by atoms with van der Waals surface area (Å²) in [7, 11) is 0. The summed E-state index contributed by atoms with van der Waals surface area (Å²) in [5.41, 5.74) is 2.80. The molecule has 0 radical (unpaired) electrons. The van der Waals surface area contributed by atoms with E-state index < -0.39 is 0 Å². The zero-order valence-corrected chi connectivity index (χ0v) is 15.5. The Hall–Kier alpha value is -2.70. The van der Waals surface area contributed by atoms with Gasteiger partial charge in [0.25, 0.3) is 0 Å². The molecule has 2 aromatic carbocycles. The van der Waals surface area contributed by atoms with E-state index in [0.717, 1.165) is 11.1 Å². The Labute approximate surface area is 163 Å². The summed E-state index contributed by atoms with van der Waals surface area (Å²) < 4.78 is 20.8. The Balaban J connectivity index is 1.37. The molecule has 2 saturated heterocycles. The molecule has 2 heterocycles. The highest BCUT2D eigenvalue weighted by atomic mass is 16.6. The predicted molar refractivity (Wildman–Crippen MR) is 101 cm³/mol. The summed E-state index contributed by atoms with van der Waals surface area (Å²) in [6.45, 7) is 3.37. The Kier molecular flexibility index (Phi) is 5.69. The zero-order chi connectivity index (χ0) is 19.3. The topological polar surface area (TPSA) is 71.1 Å². The Bertz CT molecular complexity index is 836. The molecule has 0 bridgehead atoms. The normalized spacial score (nSPS) is 16.7. The van der Waals surface area contributed by atoms with E-state index in [2.05, 4.69) is 0 Å². The smallest absolute Gasteiger partial charge is 0.338 e. The van der Waals surface area contributed by atoms with Gasteiger partial charge in [-0.1, -0.05) is 24.3 Å². The van der Waals surface area contributed by atoms with Gasteiger partial charge >= 0.3 is 11.9 Å². The summed E-state index contributed by atoms with van der Waals surface area (Å²) in [5.74, 6) is -0.0662. The molecule has 0 amide bonds. The zero-order valence-electron chi connectivity index (χ0n) is 15.5. The van der Waals surface area contributed by atoms with Crippen LogP contribution < -0.4 is 0 Å². The first kappa shape index (κ1) is 18.7. The lowest BCUT2D eigenvalue weighted by atomic mass is 10.0. The largest absolute Gasteiger partial charge is 0.462 e. The van der Waals surface area contributed by atoms with Crippen LogP contribution >= 0.6 is 0 Å². The van der Waals surface area contributed by atoms with Gasteiger partial charge in [-0.3, -0.25) is 0 Å². The fourth-order valence-corrected chi connectivity index (χ4v) is 2.94. The van der Waals surface area contributed by atoms with Crippen LogP contribution in [0, 0.1) is 11.8 Å². The molecule has 0 spiro atoms. The number of carbonyl (C=O) groups excluding carboxylic acids is 2. The second-order valence-electron chi connectivity index (χ2n) is 7.16. The van der Waals surface area contributed by atoms with E-state index in [-0.39, 0.29) is 11.9 Å². The van der Waals surface area contributed by atoms with E-state index in [1.165, 1.54) is 0 Å². The number of carbonyl (C=O) groups is 2. The Morgan fingerprint density at radius 2 is 1.32 bits per heavy atom. The van der Waals surface area contributed by atoms with Crippen LogP contribution in [0.1, 0.15) is 20.7 Å². The van der Waals surface area contributed by atoms with Gasteiger partial charge in [-0.15, -0.1) is 0 Å². The highest BCUT2D eigenvalue weighted by Crippen LogP contribution is 2.22. The van der Waals surface area contributed by atoms with Gasteiger partial charge < -0.3 is 18.9 Å². The van der Waals surface area contributed by atoms with Crippen molar-refractivity contribution >= 4 is 11.9 Å². The molecule has 2 aliphatic rings. The minimum absolute atomic E-state index is 0.302. The van der Waals surface area contributed by atoms with Gasteiger partial charge in [0.15, 0.2) is 0 Å². The van der Waals surface area contributed by atoms with Crippen LogP contribution in [0.4, 0.5) is 0 Å². The van der Waals surface area contributed by atoms with Gasteiger partial charge in [0.1, 0.15) is 0 Å². The molecule has 4 rings (SSSR count). The van der Waals surface area contributed by atoms with Gasteiger partial charge in [-0.25, -0.2) is 9.59 Å². The van der Waals surface area contributed by atoms with Crippen LogP contribution in [0.5, 0.6) is 0 Å². The predicted octanol–water partition coefficient (Wildman–Crippen LogP) is 2.96. The highest BCUT2D eigenvalue weighted by Gasteiger charge is 2.21. The molecule has 2 aromatic rings. The number of hydrogen-bond donors (Lipinski definition) is 0. The molecule has 6 heteroatoms. The van der Waals surface area contributed by atoms with E-state index in [0.29, 0.717) is 62.6 Å². The molecule has 0 N–H and O–H groups in total. The van der Waals surface area contributed by atoms with Crippen LogP contribution in [-0.2, 0) is 18.9 Å². The van der Waals surface area contributed by atoms with Crippen LogP contribution in [0.15, 0.2) is 48.5 Å². The molecule has 0 unspecified atom stereocenters. The Morgan fingerprint density at radius 1 is 0.750 bits per heavy atom. The third-order valence-corrected chi connectivity index (χ3v) is 4.87. The molecule has 0 saturated carbocycles. The van der Waals surface area contributed by atoms with Crippen molar-refractivity contribution in [2.45, 2.75) is 0 Å². The van der Waals surface area contributed by atoms with Crippen molar-refractivity contribution in [3.05, 3.63) is 59.7 Å². The van der Waals surface area contributed by atoms with E-state index in [4.69, 9.17) is 18.9 Å². The number of ether oxygens (including phenoxy) is 4. The number of hydrogen-bond acceptors (Lipinski definition) is 6. The summed E-state index contributed by atoms with van der Waals surface area (Å²) in [6, 6.07) is 14.4. The SMILES string of the molecule is O=C(OCC1COC1)c1ccc(-c2cccc(C(=O)OCC3COC3)c2)cc1. The van der Waals surface area contributed by atoms with E-state index in [9.17, 15) is 9.59 Å². The van der Waals surface area contributed by atoms with Gasteiger partial charge in [-0.05, 0) is 35.4 Å². The molecule has 28 heavy (non-hydrogen) atoms. The van der Waals surface area contributed by atoms with Crippen molar-refractivity contribution in [2.75, 3.05) is 39.6 Å². The monoisotopic (exact) mass is 382 g/mol. The fraction of sp³-hybridized carbons (Fsp3) is 0.364. The lowest BCUT2D eigenvalue weighted by Crippen LogP contribution is -2.32. The van der Waals surface area contributed by atoms with Crippen molar-refractivity contribution in [2.24, 2.45) is 11.8 Å². The van der Waals surface area contributed by atoms with E-state index >= 15 is 0 Å². The maximum atomic E-state index is 12.2. The van der Waals surface area contributed by atoms with Gasteiger partial charge in [0.05, 0.1) is 50.8 Å². The van der Waals surface area contributed by atoms with Crippen molar-refractivity contribution in [3.63, 3.8) is 0 Å². The second kappa shape index (κ2) is 8.54. The number of esters is 2. The number of rotatable bonds is 7. The minimum atomic E-state index is -0.339. The first-order valence-electron chi connectivity index (χ1n) is 9.39. The molecule has 146 valence electrons. The third-order valence-electron chi connectivity index (χ3n) is 4.87. The standard InChI is InChI=1S/C22H22O6/c23-21(27-13-15-9-25-10-15)18-6-4-17(5-7-18)19-2-1-3-20(8-19)22(24)28-14-16-11-26-12-16/h1-8,15-16H,9-14H2. The highest BCUT2D eigenvalue weighted by molar-refractivity contribution is 5.92. The van der Waals surface area contributed by atoms with Crippen molar-refractivity contribution in [1.82, 2.24) is 0 Å². The summed E-state index contributed by atoms with van der Waals surface area (Å²) in [5, 5.41) is 0. The van der Waals surface area contributed by atoms with Gasteiger partial charge in [0.2, 0.25) is 0 Å². The first-order chi connectivity index (χ1) is 13.7. The van der Waals surface area contributed by atoms with E-state index in [1.54, 1.807) is 24.3 Å². The molecule has 0 aromatic heterocycles. The molecule has 2 aliphatic heterocycles. The average molecular weight is 382 g/mol. The summed E-state index contributed by atoms with van der Waals surface area (Å²) >= 11 is 0. The summed E-state index contributed by atoms with van der Waals surface area (Å²) in [4.78, 5) is 24.3. The molecule has 0 atom stereocenters. The van der Waals surface area contributed by atoms with Gasteiger partial charge in [0, 0.05) is 11.8 Å². The first-order valence-corrected chi connectivity index (χ1v) is 9.39. The lowest BCUT2D eigenvalue weighted by Gasteiger charge is -2.25. The van der Waals surface area contributed by atoms with Crippen molar-refractivity contribution < 1.29 is 28.5 Å². The third kappa shape index (κ3) is 4.40. The minimum Gasteiger partial charge on any atom is -0.462 e. The molecule has 0 aliphatic carbocycles. The number of benzene rings is 2. The van der Waals surface area contributed by atoms with Crippen LogP contribution in [0.2, 0.25) is 0 Å². The maximum absolute atomic E-state index is 12.2. The van der Waals surface area contributed by atoms with Crippen molar-refractivity contribution in [1.29, 1.82) is 0 Å². The quantitative estimate of drug-likeness (QED) is 0.686.